The highest BCUT2D eigenvalue weighted by atomic mass is 32.2. The minimum atomic E-state index is -3.18. The molecule has 0 aromatic heterocycles. The first kappa shape index (κ1) is 18.5. The second kappa shape index (κ2) is 8.84. The Labute approximate surface area is 139 Å². The van der Waals surface area contributed by atoms with E-state index in [1.807, 2.05) is 0 Å². The second-order valence-corrected chi connectivity index (χ2v) is 8.32. The number of nitrogens with one attached hydrogen (secondary N) is 1. The van der Waals surface area contributed by atoms with Gasteiger partial charge in [0.15, 0.2) is 0 Å². The van der Waals surface area contributed by atoms with E-state index < -0.39 is 10.0 Å². The molecule has 0 aliphatic carbocycles. The van der Waals surface area contributed by atoms with Crippen molar-refractivity contribution in [2.24, 2.45) is 0 Å². The number of hydrogen-bond donors (Lipinski definition) is 1. The van der Waals surface area contributed by atoms with E-state index in [2.05, 4.69) is 12.2 Å². The summed E-state index contributed by atoms with van der Waals surface area (Å²) in [5, 5.41) is 2.88. The number of nitrogens with zero attached hydrogens (tertiary/aromatic N) is 2. The van der Waals surface area contributed by atoms with Crippen LogP contribution in [0.1, 0.15) is 39.0 Å². The van der Waals surface area contributed by atoms with E-state index in [1.165, 1.54) is 4.31 Å². The zero-order chi connectivity index (χ0) is 16.7. The number of ether oxygens (including phenoxy) is 1. The minimum absolute atomic E-state index is 0.122. The molecule has 23 heavy (non-hydrogen) atoms. The van der Waals surface area contributed by atoms with Crippen LogP contribution in [0.15, 0.2) is 0 Å². The van der Waals surface area contributed by atoms with Crippen LogP contribution in [0.3, 0.4) is 0 Å². The maximum Gasteiger partial charge on any atom is 0.317 e. The van der Waals surface area contributed by atoms with E-state index >= 15 is 0 Å². The second-order valence-electron chi connectivity index (χ2n) is 6.23. The molecule has 8 heteroatoms. The Morgan fingerprint density at radius 3 is 2.57 bits per heavy atom. The standard InChI is InChI=1S/C15H29N3O4S/c1-2-3-4-12-23(20,21)18-9-7-17(8-10-18)15(19)16-13-14-6-5-11-22-14/h14H,2-13H2,1H3,(H,16,19)/t14-/m0/s1. The Bertz CT molecular complexity index is 469. The zero-order valence-corrected chi connectivity index (χ0v) is 14.8. The number of urea groups is 1. The molecule has 7 nitrogen and oxygen atoms in total. The molecule has 0 bridgehead atoms. The molecule has 0 unspecified atom stereocenters. The van der Waals surface area contributed by atoms with Crippen LogP contribution in [-0.4, -0.2) is 74.8 Å². The summed E-state index contributed by atoms with van der Waals surface area (Å²) >= 11 is 0. The molecule has 0 aromatic rings. The first-order chi connectivity index (χ1) is 11.0. The van der Waals surface area contributed by atoms with Crippen molar-refractivity contribution in [3.05, 3.63) is 0 Å². The summed E-state index contributed by atoms with van der Waals surface area (Å²) in [6, 6.07) is -0.122. The van der Waals surface area contributed by atoms with Gasteiger partial charge in [-0.05, 0) is 19.3 Å². The first-order valence-corrected chi connectivity index (χ1v) is 10.3. The third kappa shape index (κ3) is 5.61. The van der Waals surface area contributed by atoms with Crippen molar-refractivity contribution in [3.63, 3.8) is 0 Å². The van der Waals surface area contributed by atoms with Gasteiger partial charge in [-0.15, -0.1) is 0 Å². The van der Waals surface area contributed by atoms with Crippen molar-refractivity contribution in [1.29, 1.82) is 0 Å². The predicted octanol–water partition coefficient (Wildman–Crippen LogP) is 1.01. The van der Waals surface area contributed by atoms with Gasteiger partial charge in [-0.1, -0.05) is 19.8 Å². The molecule has 0 aromatic carbocycles. The third-order valence-corrected chi connectivity index (χ3v) is 6.39. The molecular weight excluding hydrogens is 318 g/mol. The van der Waals surface area contributed by atoms with Crippen molar-refractivity contribution in [3.8, 4) is 0 Å². The Hall–Kier alpha value is -0.860. The summed E-state index contributed by atoms with van der Waals surface area (Å²) in [6.07, 6.45) is 4.82. The van der Waals surface area contributed by atoms with Crippen LogP contribution in [0, 0.1) is 0 Å². The summed E-state index contributed by atoms with van der Waals surface area (Å²) in [4.78, 5) is 13.8. The van der Waals surface area contributed by atoms with Gasteiger partial charge in [0.05, 0.1) is 11.9 Å². The highest BCUT2D eigenvalue weighted by molar-refractivity contribution is 7.89. The number of unbranched alkanes of at least 4 members (excludes halogenated alkanes) is 2. The van der Waals surface area contributed by atoms with Gasteiger partial charge < -0.3 is 15.0 Å². The third-order valence-electron chi connectivity index (χ3n) is 4.43. The molecule has 0 saturated carbocycles. The fraction of sp³-hybridized carbons (Fsp3) is 0.933. The van der Waals surface area contributed by atoms with Gasteiger partial charge in [0, 0.05) is 39.3 Å². The molecule has 2 aliphatic heterocycles. The van der Waals surface area contributed by atoms with E-state index in [9.17, 15) is 13.2 Å². The number of amides is 2. The van der Waals surface area contributed by atoms with E-state index in [0.717, 1.165) is 32.3 Å². The smallest absolute Gasteiger partial charge is 0.317 e. The summed E-state index contributed by atoms with van der Waals surface area (Å²) in [5.74, 6) is 0.214. The van der Waals surface area contributed by atoms with Crippen molar-refractivity contribution < 1.29 is 17.9 Å². The average Bonchev–Trinajstić information content (AvgIpc) is 3.06. The van der Waals surface area contributed by atoms with Crippen molar-refractivity contribution in [1.82, 2.24) is 14.5 Å². The summed E-state index contributed by atoms with van der Waals surface area (Å²) in [5.41, 5.74) is 0. The molecule has 0 spiro atoms. The number of carbonyl (C=O) groups is 1. The number of piperazine rings is 1. The van der Waals surface area contributed by atoms with Gasteiger partial charge in [0.25, 0.3) is 0 Å². The summed E-state index contributed by atoms with van der Waals surface area (Å²) in [7, 11) is -3.18. The van der Waals surface area contributed by atoms with Gasteiger partial charge in [0.2, 0.25) is 10.0 Å². The SMILES string of the molecule is CCCCCS(=O)(=O)N1CCN(C(=O)NC[C@@H]2CCCO2)CC1. The van der Waals surface area contributed by atoms with Gasteiger partial charge in [-0.25, -0.2) is 13.2 Å². The Morgan fingerprint density at radius 1 is 1.22 bits per heavy atom. The van der Waals surface area contributed by atoms with Crippen LogP contribution in [-0.2, 0) is 14.8 Å². The fourth-order valence-corrected chi connectivity index (χ4v) is 4.50. The largest absolute Gasteiger partial charge is 0.376 e. The van der Waals surface area contributed by atoms with Crippen LogP contribution in [0.5, 0.6) is 0 Å². The molecular formula is C15H29N3O4S. The molecule has 2 amide bonds. The monoisotopic (exact) mass is 347 g/mol. The van der Waals surface area contributed by atoms with Crippen LogP contribution >= 0.6 is 0 Å². The lowest BCUT2D eigenvalue weighted by molar-refractivity contribution is 0.107. The molecule has 2 fully saturated rings. The molecule has 0 radical (unpaired) electrons. The number of rotatable bonds is 7. The zero-order valence-electron chi connectivity index (χ0n) is 14.0. The number of sulfonamides is 1. The lowest BCUT2D eigenvalue weighted by Crippen LogP contribution is -2.54. The van der Waals surface area contributed by atoms with Crippen molar-refractivity contribution in [2.75, 3.05) is 45.1 Å². The van der Waals surface area contributed by atoms with Gasteiger partial charge in [-0.3, -0.25) is 0 Å². The molecule has 134 valence electrons. The fourth-order valence-electron chi connectivity index (χ4n) is 2.95. The molecule has 2 rings (SSSR count). The molecule has 1 atom stereocenters. The minimum Gasteiger partial charge on any atom is -0.376 e. The Balaban J connectivity index is 1.71. The van der Waals surface area contributed by atoms with E-state index in [4.69, 9.17) is 4.74 Å². The predicted molar refractivity (Wildman–Crippen MR) is 88.8 cm³/mol. The summed E-state index contributed by atoms with van der Waals surface area (Å²) < 4.78 is 31.5. The Morgan fingerprint density at radius 2 is 1.96 bits per heavy atom. The quantitative estimate of drug-likeness (QED) is 0.697. The molecule has 2 heterocycles. The van der Waals surface area contributed by atoms with E-state index in [0.29, 0.717) is 39.1 Å². The number of carbonyl (C=O) groups excluding carboxylic acids is 1. The average molecular weight is 347 g/mol. The highest BCUT2D eigenvalue weighted by Gasteiger charge is 2.28. The van der Waals surface area contributed by atoms with Gasteiger partial charge >= 0.3 is 6.03 Å². The normalized spacial score (nSPS) is 23.2. The van der Waals surface area contributed by atoms with Crippen LogP contribution in [0.4, 0.5) is 4.79 Å². The van der Waals surface area contributed by atoms with Gasteiger partial charge in [0.1, 0.15) is 0 Å². The van der Waals surface area contributed by atoms with Crippen LogP contribution in [0.2, 0.25) is 0 Å². The topological polar surface area (TPSA) is 79.0 Å². The molecule has 2 saturated heterocycles. The summed E-state index contributed by atoms with van der Waals surface area (Å²) in [6.45, 7) is 5.04. The first-order valence-electron chi connectivity index (χ1n) is 8.65. The van der Waals surface area contributed by atoms with Gasteiger partial charge in [-0.2, -0.15) is 4.31 Å². The van der Waals surface area contributed by atoms with E-state index in [-0.39, 0.29) is 17.9 Å². The maximum absolute atomic E-state index is 12.2. The lowest BCUT2D eigenvalue weighted by atomic mass is 10.2. The number of hydrogen-bond acceptors (Lipinski definition) is 4. The van der Waals surface area contributed by atoms with Crippen LogP contribution < -0.4 is 5.32 Å². The molecule has 1 N–H and O–H groups in total. The van der Waals surface area contributed by atoms with Crippen LogP contribution in [0.25, 0.3) is 0 Å². The van der Waals surface area contributed by atoms with Crippen molar-refractivity contribution in [2.45, 2.75) is 45.1 Å². The van der Waals surface area contributed by atoms with Crippen molar-refractivity contribution >= 4 is 16.1 Å². The molecule has 2 aliphatic rings. The Kier molecular flexibility index (Phi) is 7.10. The lowest BCUT2D eigenvalue weighted by Gasteiger charge is -2.34. The highest BCUT2D eigenvalue weighted by Crippen LogP contribution is 2.12. The maximum atomic E-state index is 12.2. The van der Waals surface area contributed by atoms with E-state index in [1.54, 1.807) is 4.90 Å².